The van der Waals surface area contributed by atoms with Gasteiger partial charge in [0.15, 0.2) is 0 Å². The van der Waals surface area contributed by atoms with Crippen molar-refractivity contribution in [2.45, 2.75) is 66.4 Å². The first-order chi connectivity index (χ1) is 14.6. The normalized spacial score (nSPS) is 20.3. The van der Waals surface area contributed by atoms with Crippen LogP contribution in [0.15, 0.2) is 24.3 Å². The maximum absolute atomic E-state index is 13.1. The maximum atomic E-state index is 13.1. The van der Waals surface area contributed by atoms with Gasteiger partial charge in [-0.1, -0.05) is 41.5 Å². The Balaban J connectivity index is 1.90. The number of carbonyl (C=O) groups excluding carboxylic acids is 1. The Bertz CT molecular complexity index is 652. The molecule has 0 unspecified atom stereocenters. The summed E-state index contributed by atoms with van der Waals surface area (Å²) < 4.78 is 11.8. The van der Waals surface area contributed by atoms with Crippen LogP contribution in [0, 0.1) is 23.7 Å². The highest BCUT2D eigenvalue weighted by atomic mass is 16.5. The summed E-state index contributed by atoms with van der Waals surface area (Å²) in [6, 6.07) is 7.67. The maximum Gasteiger partial charge on any atom is 0.256 e. The summed E-state index contributed by atoms with van der Waals surface area (Å²) in [4.78, 5) is 15.6. The molecule has 0 bridgehead atoms. The summed E-state index contributed by atoms with van der Waals surface area (Å²) in [5, 5.41) is 3.06. The number of carbonyl (C=O) groups is 1. The predicted octanol–water partition coefficient (Wildman–Crippen LogP) is 5.46. The summed E-state index contributed by atoms with van der Waals surface area (Å²) in [5.41, 5.74) is -0.0368. The van der Waals surface area contributed by atoms with Crippen LogP contribution in [0.2, 0.25) is 0 Å². The van der Waals surface area contributed by atoms with Crippen molar-refractivity contribution in [2.24, 2.45) is 23.7 Å². The lowest BCUT2D eigenvalue weighted by Crippen LogP contribution is -2.46. The zero-order chi connectivity index (χ0) is 23.0. The van der Waals surface area contributed by atoms with E-state index in [2.05, 4.69) is 51.8 Å². The van der Waals surface area contributed by atoms with E-state index >= 15 is 0 Å². The summed E-state index contributed by atoms with van der Waals surface area (Å²) in [7, 11) is 1.64. The molecule has 1 aliphatic rings. The zero-order valence-electron chi connectivity index (χ0n) is 20.7. The van der Waals surface area contributed by atoms with Crippen LogP contribution in [0.25, 0.3) is 0 Å². The minimum absolute atomic E-state index is 0.0700. The first kappa shape index (κ1) is 25.7. The Kier molecular flexibility index (Phi) is 9.83. The fraction of sp³-hybridized carbons (Fsp3) is 0.731. The topological polar surface area (TPSA) is 50.8 Å². The van der Waals surface area contributed by atoms with Gasteiger partial charge in [-0.3, -0.25) is 9.69 Å². The molecule has 0 aliphatic carbocycles. The lowest BCUT2D eigenvalue weighted by Gasteiger charge is -2.34. The minimum Gasteiger partial charge on any atom is -0.492 e. The monoisotopic (exact) mass is 432 g/mol. The molecule has 1 aromatic rings. The van der Waals surface area contributed by atoms with Crippen molar-refractivity contribution in [1.82, 2.24) is 4.90 Å². The fourth-order valence-corrected chi connectivity index (χ4v) is 4.99. The second kappa shape index (κ2) is 11.9. The van der Waals surface area contributed by atoms with Crippen molar-refractivity contribution >= 4 is 11.6 Å². The number of methoxy groups -OCH3 is 1. The van der Waals surface area contributed by atoms with Gasteiger partial charge >= 0.3 is 0 Å². The molecule has 1 aliphatic heterocycles. The average Bonchev–Trinajstić information content (AvgIpc) is 2.67. The first-order valence-corrected chi connectivity index (χ1v) is 12.0. The van der Waals surface area contributed by atoms with Gasteiger partial charge in [-0.25, -0.2) is 0 Å². The van der Waals surface area contributed by atoms with Gasteiger partial charge in [0.05, 0.1) is 0 Å². The number of rotatable bonds is 11. The SMILES string of the molecule is COC(CC(C)C)(CC(C)C)C(=O)Nc1ccc(OCCN2C[C@H](C)C[C@H](C)C2)cc1. The van der Waals surface area contributed by atoms with Gasteiger partial charge in [-0.2, -0.15) is 0 Å². The predicted molar refractivity (Wildman–Crippen MR) is 129 cm³/mol. The third-order valence-corrected chi connectivity index (χ3v) is 6.01. The van der Waals surface area contributed by atoms with E-state index in [0.717, 1.165) is 42.9 Å². The molecule has 31 heavy (non-hydrogen) atoms. The van der Waals surface area contributed by atoms with E-state index in [1.165, 1.54) is 6.42 Å². The average molecular weight is 433 g/mol. The van der Waals surface area contributed by atoms with Crippen LogP contribution >= 0.6 is 0 Å². The number of ether oxygens (including phenoxy) is 2. The minimum atomic E-state index is -0.805. The van der Waals surface area contributed by atoms with Crippen LogP contribution in [0.3, 0.4) is 0 Å². The number of nitrogens with zero attached hydrogens (tertiary/aromatic N) is 1. The number of likely N-dealkylation sites (tertiary alicyclic amines) is 1. The van der Waals surface area contributed by atoms with Crippen LogP contribution in [-0.2, 0) is 9.53 Å². The molecule has 2 rings (SSSR count). The summed E-state index contributed by atoms with van der Waals surface area (Å²) in [5.74, 6) is 3.02. The molecular weight excluding hydrogens is 388 g/mol. The third-order valence-electron chi connectivity index (χ3n) is 6.01. The highest BCUT2D eigenvalue weighted by Crippen LogP contribution is 2.30. The molecule has 0 aromatic heterocycles. The summed E-state index contributed by atoms with van der Waals surface area (Å²) in [6.07, 6.45) is 2.72. The molecule has 5 nitrogen and oxygen atoms in total. The van der Waals surface area contributed by atoms with Crippen molar-refractivity contribution in [3.8, 4) is 5.75 Å². The number of anilines is 1. The van der Waals surface area contributed by atoms with E-state index in [1.807, 2.05) is 24.3 Å². The number of piperidine rings is 1. The molecule has 1 fully saturated rings. The number of hydrogen-bond acceptors (Lipinski definition) is 4. The quantitative estimate of drug-likeness (QED) is 0.504. The largest absolute Gasteiger partial charge is 0.492 e. The lowest BCUT2D eigenvalue weighted by atomic mass is 9.84. The number of hydrogen-bond donors (Lipinski definition) is 1. The van der Waals surface area contributed by atoms with Crippen LogP contribution in [0.5, 0.6) is 5.75 Å². The first-order valence-electron chi connectivity index (χ1n) is 12.0. The lowest BCUT2D eigenvalue weighted by molar-refractivity contribution is -0.142. The number of nitrogens with one attached hydrogen (secondary N) is 1. The van der Waals surface area contributed by atoms with E-state index < -0.39 is 5.60 Å². The van der Waals surface area contributed by atoms with Crippen molar-refractivity contribution in [3.63, 3.8) is 0 Å². The standard InChI is InChI=1S/C26H44N2O3/c1-19(2)15-26(30-7,16-20(3)4)25(29)27-23-8-10-24(11-9-23)31-13-12-28-17-21(5)14-22(6)18-28/h8-11,19-22H,12-18H2,1-7H3,(H,27,29)/t21-,22+. The van der Waals surface area contributed by atoms with Gasteiger partial charge in [-0.05, 0) is 67.2 Å². The van der Waals surface area contributed by atoms with Gasteiger partial charge in [0.1, 0.15) is 18.0 Å². The Labute approximate surface area is 189 Å². The molecule has 176 valence electrons. The fourth-order valence-electron chi connectivity index (χ4n) is 4.99. The van der Waals surface area contributed by atoms with Crippen molar-refractivity contribution in [2.75, 3.05) is 38.7 Å². The van der Waals surface area contributed by atoms with E-state index in [1.54, 1.807) is 7.11 Å². The molecule has 0 spiro atoms. The van der Waals surface area contributed by atoms with Crippen molar-refractivity contribution in [3.05, 3.63) is 24.3 Å². The van der Waals surface area contributed by atoms with Crippen LogP contribution in [0.4, 0.5) is 5.69 Å². The molecule has 1 heterocycles. The van der Waals surface area contributed by atoms with Gasteiger partial charge in [0.2, 0.25) is 0 Å². The van der Waals surface area contributed by atoms with E-state index in [9.17, 15) is 4.79 Å². The number of amides is 1. The molecule has 1 aromatic carbocycles. The molecule has 0 radical (unpaired) electrons. The molecular formula is C26H44N2O3. The van der Waals surface area contributed by atoms with Crippen LogP contribution in [0.1, 0.15) is 60.8 Å². The van der Waals surface area contributed by atoms with Gasteiger partial charge in [0, 0.05) is 32.4 Å². The third kappa shape index (κ3) is 8.12. The molecule has 1 saturated heterocycles. The Hall–Kier alpha value is -1.59. The van der Waals surface area contributed by atoms with E-state index in [-0.39, 0.29) is 5.91 Å². The Morgan fingerprint density at radius 2 is 1.61 bits per heavy atom. The molecule has 1 amide bonds. The Morgan fingerprint density at radius 1 is 1.06 bits per heavy atom. The smallest absolute Gasteiger partial charge is 0.256 e. The van der Waals surface area contributed by atoms with Gasteiger partial charge < -0.3 is 14.8 Å². The second-order valence-electron chi connectivity index (χ2n) is 10.4. The van der Waals surface area contributed by atoms with Crippen LogP contribution < -0.4 is 10.1 Å². The van der Waals surface area contributed by atoms with E-state index in [0.29, 0.717) is 31.3 Å². The Morgan fingerprint density at radius 3 is 2.10 bits per heavy atom. The van der Waals surface area contributed by atoms with E-state index in [4.69, 9.17) is 9.47 Å². The number of benzene rings is 1. The van der Waals surface area contributed by atoms with Gasteiger partial charge in [0.25, 0.3) is 5.91 Å². The zero-order valence-corrected chi connectivity index (χ0v) is 20.7. The van der Waals surface area contributed by atoms with Crippen molar-refractivity contribution < 1.29 is 14.3 Å². The highest BCUT2D eigenvalue weighted by molar-refractivity contribution is 5.97. The van der Waals surface area contributed by atoms with Gasteiger partial charge in [-0.15, -0.1) is 0 Å². The highest BCUT2D eigenvalue weighted by Gasteiger charge is 2.39. The summed E-state index contributed by atoms with van der Waals surface area (Å²) in [6.45, 7) is 17.1. The molecule has 5 heteroatoms. The van der Waals surface area contributed by atoms with Crippen LogP contribution in [-0.4, -0.2) is 49.8 Å². The molecule has 1 N–H and O–H groups in total. The molecule has 0 saturated carbocycles. The molecule has 2 atom stereocenters. The second-order valence-corrected chi connectivity index (χ2v) is 10.4. The van der Waals surface area contributed by atoms with Crippen molar-refractivity contribution in [1.29, 1.82) is 0 Å². The summed E-state index contributed by atoms with van der Waals surface area (Å²) >= 11 is 0.